The zero-order valence-electron chi connectivity index (χ0n) is 18.5. The molecule has 0 spiro atoms. The fraction of sp³-hybridized carbons (Fsp3) is 0.292. The van der Waals surface area contributed by atoms with Gasteiger partial charge in [-0.25, -0.2) is 9.07 Å². The summed E-state index contributed by atoms with van der Waals surface area (Å²) in [6, 6.07) is 14.8. The lowest BCUT2D eigenvalue weighted by atomic mass is 10.1. The van der Waals surface area contributed by atoms with Crippen LogP contribution in [0.15, 0.2) is 59.4 Å². The van der Waals surface area contributed by atoms with E-state index in [2.05, 4.69) is 10.00 Å². The molecule has 8 nitrogen and oxygen atoms in total. The first-order chi connectivity index (χ1) is 16.0. The molecule has 3 aromatic rings. The molecule has 2 heterocycles. The molecular weight excluding hydrogens is 427 g/mol. The second-order valence-electron chi connectivity index (χ2n) is 7.62. The molecule has 4 rings (SSSR count). The van der Waals surface area contributed by atoms with Gasteiger partial charge in [-0.3, -0.25) is 9.59 Å². The fourth-order valence-electron chi connectivity index (χ4n) is 3.82. The SMILES string of the molecule is COc1ccc(N2CCN(C(=O)Cn3nc(-c4ccc(F)cc4OC)ccc3=O)CC2)cc1. The number of ether oxygens (including phenoxy) is 2. The molecule has 1 aromatic heterocycles. The third-order valence-electron chi connectivity index (χ3n) is 5.66. The number of carbonyl (C=O) groups is 1. The molecule has 1 saturated heterocycles. The van der Waals surface area contributed by atoms with Crippen LogP contribution >= 0.6 is 0 Å². The van der Waals surface area contributed by atoms with Gasteiger partial charge in [-0.05, 0) is 42.5 Å². The number of benzene rings is 2. The molecule has 0 radical (unpaired) electrons. The summed E-state index contributed by atoms with van der Waals surface area (Å²) >= 11 is 0. The van der Waals surface area contributed by atoms with Gasteiger partial charge in [0.05, 0.1) is 19.9 Å². The summed E-state index contributed by atoms with van der Waals surface area (Å²) in [6.07, 6.45) is 0. The van der Waals surface area contributed by atoms with Gasteiger partial charge < -0.3 is 19.3 Å². The number of methoxy groups -OCH3 is 2. The van der Waals surface area contributed by atoms with E-state index in [1.165, 1.54) is 37.4 Å². The predicted octanol–water partition coefficient (Wildman–Crippen LogP) is 2.42. The van der Waals surface area contributed by atoms with Gasteiger partial charge in [0, 0.05) is 49.6 Å². The van der Waals surface area contributed by atoms with E-state index in [-0.39, 0.29) is 18.0 Å². The van der Waals surface area contributed by atoms with E-state index in [1.807, 2.05) is 24.3 Å². The quantitative estimate of drug-likeness (QED) is 0.572. The molecule has 0 unspecified atom stereocenters. The summed E-state index contributed by atoms with van der Waals surface area (Å²) in [6.45, 7) is 2.30. The Labute approximate surface area is 190 Å². The Morgan fingerprint density at radius 1 is 0.970 bits per heavy atom. The average Bonchev–Trinajstić information content (AvgIpc) is 2.85. The Morgan fingerprint density at radius 2 is 1.70 bits per heavy atom. The number of hydrogen-bond acceptors (Lipinski definition) is 6. The Kier molecular flexibility index (Phi) is 6.58. The van der Waals surface area contributed by atoms with Crippen molar-refractivity contribution in [3.8, 4) is 22.8 Å². The number of amides is 1. The standard InChI is InChI=1S/C24H25FN4O4/c1-32-19-6-4-18(5-7-19)27-11-13-28(14-12-27)24(31)16-29-23(30)10-9-21(26-29)20-8-3-17(25)15-22(20)33-2/h3-10,15H,11-14,16H2,1-2H3. The van der Waals surface area contributed by atoms with Crippen LogP contribution in [-0.2, 0) is 11.3 Å². The Morgan fingerprint density at radius 3 is 2.36 bits per heavy atom. The van der Waals surface area contributed by atoms with E-state index in [4.69, 9.17) is 9.47 Å². The molecule has 0 bridgehead atoms. The molecule has 1 amide bonds. The van der Waals surface area contributed by atoms with Crippen LogP contribution in [0.25, 0.3) is 11.3 Å². The molecule has 0 aliphatic carbocycles. The summed E-state index contributed by atoms with van der Waals surface area (Å²) in [5, 5.41) is 4.33. The van der Waals surface area contributed by atoms with E-state index in [9.17, 15) is 14.0 Å². The smallest absolute Gasteiger partial charge is 0.267 e. The first kappa shape index (κ1) is 22.3. The van der Waals surface area contributed by atoms with Gasteiger partial charge in [-0.15, -0.1) is 0 Å². The van der Waals surface area contributed by atoms with Crippen molar-refractivity contribution in [2.24, 2.45) is 0 Å². The predicted molar refractivity (Wildman–Crippen MR) is 122 cm³/mol. The average molecular weight is 452 g/mol. The first-order valence-electron chi connectivity index (χ1n) is 10.6. The summed E-state index contributed by atoms with van der Waals surface area (Å²) in [7, 11) is 3.06. The van der Waals surface area contributed by atoms with Crippen molar-refractivity contribution in [2.45, 2.75) is 6.54 Å². The number of aromatic nitrogens is 2. The molecule has 2 aromatic carbocycles. The number of nitrogens with zero attached hydrogens (tertiary/aromatic N) is 4. The second kappa shape index (κ2) is 9.72. The zero-order chi connectivity index (χ0) is 23.4. The lowest BCUT2D eigenvalue weighted by Crippen LogP contribution is -2.50. The van der Waals surface area contributed by atoms with Crippen LogP contribution < -0.4 is 19.9 Å². The molecule has 172 valence electrons. The molecule has 0 N–H and O–H groups in total. The normalized spacial score (nSPS) is 13.7. The summed E-state index contributed by atoms with van der Waals surface area (Å²) in [5.74, 6) is 0.481. The van der Waals surface area contributed by atoms with Gasteiger partial charge in [0.1, 0.15) is 23.9 Å². The third kappa shape index (κ3) is 4.97. The third-order valence-corrected chi connectivity index (χ3v) is 5.66. The van der Waals surface area contributed by atoms with Gasteiger partial charge in [0.25, 0.3) is 5.56 Å². The Balaban J connectivity index is 1.44. The van der Waals surface area contributed by atoms with Crippen LogP contribution in [0.5, 0.6) is 11.5 Å². The van der Waals surface area contributed by atoms with Gasteiger partial charge >= 0.3 is 0 Å². The van der Waals surface area contributed by atoms with Gasteiger partial charge in [0.2, 0.25) is 5.91 Å². The number of carbonyl (C=O) groups excluding carboxylic acids is 1. The highest BCUT2D eigenvalue weighted by Crippen LogP contribution is 2.28. The summed E-state index contributed by atoms with van der Waals surface area (Å²) < 4.78 is 25.1. The monoisotopic (exact) mass is 452 g/mol. The molecule has 33 heavy (non-hydrogen) atoms. The van der Waals surface area contributed by atoms with Crippen LogP contribution in [-0.4, -0.2) is 61.0 Å². The lowest BCUT2D eigenvalue weighted by molar-refractivity contribution is -0.132. The molecule has 9 heteroatoms. The topological polar surface area (TPSA) is 76.9 Å². The Hall–Kier alpha value is -3.88. The molecule has 0 saturated carbocycles. The van der Waals surface area contributed by atoms with Crippen LogP contribution in [0.3, 0.4) is 0 Å². The van der Waals surface area contributed by atoms with Crippen molar-refractivity contribution < 1.29 is 18.7 Å². The van der Waals surface area contributed by atoms with Crippen LogP contribution in [0.4, 0.5) is 10.1 Å². The highest BCUT2D eigenvalue weighted by atomic mass is 19.1. The molecule has 1 aliphatic rings. The van der Waals surface area contributed by atoms with Gasteiger partial charge in [-0.2, -0.15) is 5.10 Å². The highest BCUT2D eigenvalue weighted by molar-refractivity contribution is 5.76. The van der Waals surface area contributed by atoms with Crippen molar-refractivity contribution >= 4 is 11.6 Å². The van der Waals surface area contributed by atoms with Crippen molar-refractivity contribution in [3.63, 3.8) is 0 Å². The maximum absolute atomic E-state index is 13.5. The number of rotatable bonds is 6. The first-order valence-corrected chi connectivity index (χ1v) is 10.6. The maximum Gasteiger partial charge on any atom is 0.267 e. The van der Waals surface area contributed by atoms with E-state index in [0.29, 0.717) is 43.2 Å². The highest BCUT2D eigenvalue weighted by Gasteiger charge is 2.22. The molecular formula is C24H25FN4O4. The maximum atomic E-state index is 13.5. The van der Waals surface area contributed by atoms with Crippen molar-refractivity contribution in [3.05, 3.63) is 70.8 Å². The zero-order valence-corrected chi connectivity index (χ0v) is 18.5. The minimum absolute atomic E-state index is 0.168. The molecule has 1 fully saturated rings. The number of halogens is 1. The minimum Gasteiger partial charge on any atom is -0.497 e. The van der Waals surface area contributed by atoms with Gasteiger partial charge in [0.15, 0.2) is 0 Å². The van der Waals surface area contributed by atoms with E-state index < -0.39 is 5.82 Å². The summed E-state index contributed by atoms with van der Waals surface area (Å²) in [5.41, 5.74) is 1.64. The Bertz CT molecular complexity index is 1190. The van der Waals surface area contributed by atoms with Crippen molar-refractivity contribution in [2.75, 3.05) is 45.3 Å². The number of hydrogen-bond donors (Lipinski definition) is 0. The minimum atomic E-state index is -0.437. The lowest BCUT2D eigenvalue weighted by Gasteiger charge is -2.36. The fourth-order valence-corrected chi connectivity index (χ4v) is 3.82. The van der Waals surface area contributed by atoms with Crippen molar-refractivity contribution in [1.82, 2.24) is 14.7 Å². The van der Waals surface area contributed by atoms with E-state index in [0.717, 1.165) is 16.1 Å². The largest absolute Gasteiger partial charge is 0.497 e. The van der Waals surface area contributed by atoms with Crippen molar-refractivity contribution in [1.29, 1.82) is 0 Å². The molecule has 0 atom stereocenters. The summed E-state index contributed by atoms with van der Waals surface area (Å²) in [4.78, 5) is 29.2. The number of piperazine rings is 1. The second-order valence-corrected chi connectivity index (χ2v) is 7.62. The number of anilines is 1. The molecule has 1 aliphatic heterocycles. The van der Waals surface area contributed by atoms with Crippen LogP contribution in [0.1, 0.15) is 0 Å². The van der Waals surface area contributed by atoms with Crippen LogP contribution in [0, 0.1) is 5.82 Å². The van der Waals surface area contributed by atoms with E-state index >= 15 is 0 Å². The van der Waals surface area contributed by atoms with Crippen LogP contribution in [0.2, 0.25) is 0 Å². The van der Waals surface area contributed by atoms with Gasteiger partial charge in [-0.1, -0.05) is 0 Å². The van der Waals surface area contributed by atoms with E-state index in [1.54, 1.807) is 12.0 Å².